The molecular weight excluding hydrogens is 290 g/mol. The first-order valence-corrected chi connectivity index (χ1v) is 7.65. The van der Waals surface area contributed by atoms with Crippen molar-refractivity contribution in [2.24, 2.45) is 0 Å². The van der Waals surface area contributed by atoms with Gasteiger partial charge in [0.15, 0.2) is 0 Å². The molecule has 1 saturated heterocycles. The minimum atomic E-state index is 0.234. The molecule has 0 aromatic carbocycles. The maximum absolute atomic E-state index is 6.13. The van der Waals surface area contributed by atoms with Gasteiger partial charge in [0.1, 0.15) is 17.7 Å². The zero-order valence-electron chi connectivity index (χ0n) is 13.2. The van der Waals surface area contributed by atoms with Crippen molar-refractivity contribution in [3.8, 4) is 16.9 Å². The van der Waals surface area contributed by atoms with Crippen molar-refractivity contribution in [1.29, 1.82) is 0 Å². The molecule has 0 amide bonds. The Labute approximate surface area is 134 Å². The van der Waals surface area contributed by atoms with E-state index in [1.807, 2.05) is 31.5 Å². The molecule has 0 unspecified atom stereocenters. The maximum atomic E-state index is 6.13. The average molecular weight is 309 g/mol. The van der Waals surface area contributed by atoms with E-state index in [0.29, 0.717) is 5.82 Å². The van der Waals surface area contributed by atoms with Gasteiger partial charge in [0.2, 0.25) is 0 Å². The molecule has 3 aromatic rings. The van der Waals surface area contributed by atoms with Crippen molar-refractivity contribution in [2.45, 2.75) is 13.0 Å². The van der Waals surface area contributed by atoms with Crippen molar-refractivity contribution in [3.05, 3.63) is 42.4 Å². The second-order valence-electron chi connectivity index (χ2n) is 6.14. The number of aromatic nitrogens is 3. The monoisotopic (exact) mass is 309 g/mol. The van der Waals surface area contributed by atoms with Gasteiger partial charge in [0.25, 0.3) is 0 Å². The fourth-order valence-corrected chi connectivity index (χ4v) is 2.94. The van der Waals surface area contributed by atoms with E-state index in [1.54, 1.807) is 4.52 Å². The van der Waals surface area contributed by atoms with Gasteiger partial charge < -0.3 is 10.5 Å². The van der Waals surface area contributed by atoms with Gasteiger partial charge in [-0.25, -0.2) is 4.52 Å². The first-order chi connectivity index (χ1) is 11.1. The van der Waals surface area contributed by atoms with Crippen LogP contribution in [0.25, 0.3) is 16.6 Å². The number of hydrogen-bond donors (Lipinski definition) is 1. The molecule has 3 aromatic heterocycles. The Bertz CT molecular complexity index is 867. The van der Waals surface area contributed by atoms with Crippen molar-refractivity contribution < 1.29 is 4.74 Å². The number of hydrogen-bond acceptors (Lipinski definition) is 5. The van der Waals surface area contributed by atoms with E-state index in [4.69, 9.17) is 10.5 Å². The van der Waals surface area contributed by atoms with Gasteiger partial charge in [-0.05, 0) is 37.7 Å². The Morgan fingerprint density at radius 2 is 2.09 bits per heavy atom. The molecule has 0 bridgehead atoms. The predicted molar refractivity (Wildman–Crippen MR) is 89.5 cm³/mol. The van der Waals surface area contributed by atoms with Gasteiger partial charge in [-0.1, -0.05) is 0 Å². The predicted octanol–water partition coefficient (Wildman–Crippen LogP) is 1.98. The fourth-order valence-electron chi connectivity index (χ4n) is 2.94. The van der Waals surface area contributed by atoms with E-state index < -0.39 is 0 Å². The molecule has 4 rings (SSSR count). The molecule has 0 saturated carbocycles. The first-order valence-electron chi connectivity index (χ1n) is 7.65. The van der Waals surface area contributed by atoms with Crippen LogP contribution < -0.4 is 10.5 Å². The van der Waals surface area contributed by atoms with Gasteiger partial charge in [-0.3, -0.25) is 9.88 Å². The second-order valence-corrected chi connectivity index (χ2v) is 6.14. The van der Waals surface area contributed by atoms with Crippen LogP contribution in [0.15, 0.2) is 36.7 Å². The van der Waals surface area contributed by atoms with E-state index in [1.165, 1.54) is 0 Å². The van der Waals surface area contributed by atoms with E-state index in [2.05, 4.69) is 34.2 Å². The molecule has 118 valence electrons. The quantitative estimate of drug-likeness (QED) is 0.801. The summed E-state index contributed by atoms with van der Waals surface area (Å²) in [5.41, 5.74) is 9.82. The summed E-state index contributed by atoms with van der Waals surface area (Å²) in [5.74, 6) is 1.34. The normalized spacial score (nSPS) is 15.7. The highest BCUT2D eigenvalue weighted by Gasteiger charge is 2.26. The number of likely N-dealkylation sites (N-methyl/N-ethyl adjacent to an activating group) is 1. The molecule has 0 radical (unpaired) electrons. The topological polar surface area (TPSA) is 68.7 Å². The number of likely N-dealkylation sites (tertiary alicyclic amines) is 1. The lowest BCUT2D eigenvalue weighted by Crippen LogP contribution is -2.51. The molecule has 1 aliphatic rings. The van der Waals surface area contributed by atoms with Gasteiger partial charge >= 0.3 is 0 Å². The summed E-state index contributed by atoms with van der Waals surface area (Å²) in [5, 5.41) is 4.21. The van der Waals surface area contributed by atoms with E-state index in [9.17, 15) is 0 Å². The number of nitrogens with zero attached hydrogens (tertiary/aromatic N) is 4. The van der Waals surface area contributed by atoms with E-state index in [0.717, 1.165) is 41.2 Å². The van der Waals surface area contributed by atoms with Crippen LogP contribution in [0.2, 0.25) is 0 Å². The van der Waals surface area contributed by atoms with Gasteiger partial charge in [-0.2, -0.15) is 5.10 Å². The highest BCUT2D eigenvalue weighted by molar-refractivity contribution is 5.74. The van der Waals surface area contributed by atoms with Crippen LogP contribution >= 0.6 is 0 Å². The standard InChI is InChI=1S/C17H19N5O/c1-11-5-15(16(8-19-11)23-14-9-21(2)10-14)12-3-4-22-13(6-12)7-17(18)20-22/h3-8,14H,9-10H2,1-2H3,(H2,18,20). The number of ether oxygens (including phenoxy) is 1. The van der Waals surface area contributed by atoms with Crippen LogP contribution in [0.4, 0.5) is 5.82 Å². The van der Waals surface area contributed by atoms with Gasteiger partial charge in [0, 0.05) is 36.6 Å². The molecule has 6 heteroatoms. The zero-order valence-corrected chi connectivity index (χ0v) is 13.2. The Morgan fingerprint density at radius 3 is 2.87 bits per heavy atom. The van der Waals surface area contributed by atoms with Crippen molar-refractivity contribution in [1.82, 2.24) is 19.5 Å². The molecule has 2 N–H and O–H groups in total. The van der Waals surface area contributed by atoms with Crippen LogP contribution in [-0.2, 0) is 0 Å². The summed E-state index contributed by atoms with van der Waals surface area (Å²) < 4.78 is 7.90. The molecule has 0 atom stereocenters. The van der Waals surface area contributed by atoms with Crippen molar-refractivity contribution in [2.75, 3.05) is 25.9 Å². The van der Waals surface area contributed by atoms with Crippen molar-refractivity contribution >= 4 is 11.3 Å². The lowest BCUT2D eigenvalue weighted by molar-refractivity contribution is 0.0390. The molecule has 1 aliphatic heterocycles. The summed E-state index contributed by atoms with van der Waals surface area (Å²) in [4.78, 5) is 6.62. The lowest BCUT2D eigenvalue weighted by atomic mass is 10.1. The smallest absolute Gasteiger partial charge is 0.146 e. The molecule has 23 heavy (non-hydrogen) atoms. The van der Waals surface area contributed by atoms with Crippen molar-refractivity contribution in [3.63, 3.8) is 0 Å². The summed E-state index contributed by atoms with van der Waals surface area (Å²) in [6, 6.07) is 8.01. The Hall–Kier alpha value is -2.60. The summed E-state index contributed by atoms with van der Waals surface area (Å²) in [7, 11) is 2.09. The molecule has 4 heterocycles. The van der Waals surface area contributed by atoms with Crippen LogP contribution in [-0.4, -0.2) is 45.7 Å². The van der Waals surface area contributed by atoms with Crippen LogP contribution in [0.5, 0.6) is 5.75 Å². The Balaban J connectivity index is 1.74. The number of fused-ring (bicyclic) bond motifs is 1. The van der Waals surface area contributed by atoms with Crippen LogP contribution in [0.3, 0.4) is 0 Å². The maximum Gasteiger partial charge on any atom is 0.146 e. The van der Waals surface area contributed by atoms with Gasteiger partial charge in [-0.15, -0.1) is 0 Å². The zero-order chi connectivity index (χ0) is 16.0. The summed E-state index contributed by atoms with van der Waals surface area (Å²) in [6.45, 7) is 3.89. The third-order valence-corrected chi connectivity index (χ3v) is 4.12. The number of rotatable bonds is 3. The minimum absolute atomic E-state index is 0.234. The molecule has 6 nitrogen and oxygen atoms in total. The Kier molecular flexibility index (Phi) is 3.20. The van der Waals surface area contributed by atoms with Crippen LogP contribution in [0.1, 0.15) is 5.69 Å². The molecule has 0 spiro atoms. The number of nitrogen functional groups attached to an aromatic ring is 1. The number of nitrogens with two attached hydrogens (primary N) is 1. The van der Waals surface area contributed by atoms with Crippen LogP contribution in [0, 0.1) is 6.92 Å². The van der Waals surface area contributed by atoms with E-state index in [-0.39, 0.29) is 6.10 Å². The highest BCUT2D eigenvalue weighted by atomic mass is 16.5. The van der Waals surface area contributed by atoms with E-state index >= 15 is 0 Å². The highest BCUT2D eigenvalue weighted by Crippen LogP contribution is 2.32. The summed E-state index contributed by atoms with van der Waals surface area (Å²) >= 11 is 0. The van der Waals surface area contributed by atoms with Gasteiger partial charge in [0.05, 0.1) is 11.7 Å². The number of aryl methyl sites for hydroxylation is 1. The molecular formula is C17H19N5O. The summed E-state index contributed by atoms with van der Waals surface area (Å²) in [6.07, 6.45) is 3.97. The SMILES string of the molecule is Cc1cc(-c2ccn3nc(N)cc3c2)c(OC2CN(C)C2)cn1. The number of anilines is 1. The third-order valence-electron chi connectivity index (χ3n) is 4.12. The lowest BCUT2D eigenvalue weighted by Gasteiger charge is -2.36. The largest absolute Gasteiger partial charge is 0.485 e. The fraction of sp³-hybridized carbons (Fsp3) is 0.294. The first kappa shape index (κ1) is 14.0. The number of pyridine rings is 2. The molecule has 1 fully saturated rings. The molecule has 0 aliphatic carbocycles. The third kappa shape index (κ3) is 2.61. The Morgan fingerprint density at radius 1 is 1.26 bits per heavy atom. The average Bonchev–Trinajstić information content (AvgIpc) is 2.86. The second kappa shape index (κ2) is 5.24. The minimum Gasteiger partial charge on any atom is -0.485 e.